The van der Waals surface area contributed by atoms with E-state index in [2.05, 4.69) is 0 Å². The fourth-order valence-corrected chi connectivity index (χ4v) is 4.69. The molecule has 2 aromatic carbocycles. The fourth-order valence-electron chi connectivity index (χ4n) is 4.69. The van der Waals surface area contributed by atoms with Crippen molar-refractivity contribution >= 4 is 35.2 Å². The van der Waals surface area contributed by atoms with E-state index in [1.807, 2.05) is 0 Å². The van der Waals surface area contributed by atoms with Gasteiger partial charge in [-0.3, -0.25) is 29.8 Å². The highest BCUT2D eigenvalue weighted by atomic mass is 16.7. The van der Waals surface area contributed by atoms with Crippen LogP contribution in [0.5, 0.6) is 0 Å². The lowest BCUT2D eigenvalue weighted by atomic mass is 9.76. The molecule has 4 rings (SSSR count). The number of ether oxygens (including phenoxy) is 3. The van der Waals surface area contributed by atoms with Gasteiger partial charge in [-0.25, -0.2) is 9.59 Å². The third-order valence-corrected chi connectivity index (χ3v) is 6.61. The Morgan fingerprint density at radius 1 is 0.897 bits per heavy atom. The summed E-state index contributed by atoms with van der Waals surface area (Å²) in [5.41, 5.74) is -0.669. The molecule has 0 N–H and O–H groups in total. The molecule has 0 aliphatic carbocycles. The molecule has 1 amide bonds. The molecule has 204 valence electrons. The number of β-lactam (4-membered cyclic amide) rings is 1. The van der Waals surface area contributed by atoms with Gasteiger partial charge in [-0.05, 0) is 49.2 Å². The van der Waals surface area contributed by atoms with Crippen molar-refractivity contribution in [2.45, 2.75) is 51.2 Å². The largest absolute Gasteiger partial charge is 0.509 e. The minimum absolute atomic E-state index is 0.116. The molecule has 0 aromatic heterocycles. The van der Waals surface area contributed by atoms with E-state index in [4.69, 9.17) is 14.2 Å². The first-order valence-electron chi connectivity index (χ1n) is 11.7. The van der Waals surface area contributed by atoms with Gasteiger partial charge < -0.3 is 19.1 Å². The zero-order valence-corrected chi connectivity index (χ0v) is 20.8. The number of ketones is 1. The number of carbonyl (C=O) groups is 4. The second-order valence-electron chi connectivity index (χ2n) is 9.56. The van der Waals surface area contributed by atoms with Crippen molar-refractivity contribution in [2.75, 3.05) is 0 Å². The molecule has 1 unspecified atom stereocenters. The number of nitro groups is 2. The molecule has 2 aliphatic rings. The number of nitrogens with zero attached hydrogens (tertiary/aromatic N) is 3. The average molecular weight is 541 g/mol. The number of non-ortho nitro benzene ring substituents is 2. The number of fused-ring (bicyclic) bond motifs is 1. The van der Waals surface area contributed by atoms with Crippen LogP contribution in [0.15, 0.2) is 48.5 Å². The van der Waals surface area contributed by atoms with Gasteiger partial charge in [0.2, 0.25) is 5.91 Å². The van der Waals surface area contributed by atoms with E-state index < -0.39 is 57.3 Å². The monoisotopic (exact) mass is 541 g/mol. The molecule has 2 aliphatic heterocycles. The number of rotatable bonds is 9. The van der Waals surface area contributed by atoms with Gasteiger partial charge in [0.15, 0.2) is 11.8 Å². The molecule has 39 heavy (non-hydrogen) atoms. The topological polar surface area (TPSA) is 185 Å². The zero-order chi connectivity index (χ0) is 28.5. The molecule has 0 bridgehead atoms. The van der Waals surface area contributed by atoms with Crippen LogP contribution in [0.1, 0.15) is 31.4 Å². The van der Waals surface area contributed by atoms with E-state index in [1.54, 1.807) is 0 Å². The smallest absolute Gasteiger partial charge is 0.459 e. The van der Waals surface area contributed by atoms with Crippen molar-refractivity contribution < 1.29 is 43.2 Å². The van der Waals surface area contributed by atoms with Gasteiger partial charge in [0.05, 0.1) is 21.8 Å². The van der Waals surface area contributed by atoms with Crippen LogP contribution in [-0.4, -0.2) is 56.2 Å². The van der Waals surface area contributed by atoms with E-state index in [0.29, 0.717) is 11.1 Å². The molecule has 2 fully saturated rings. The summed E-state index contributed by atoms with van der Waals surface area (Å²) in [7, 11) is 0. The van der Waals surface area contributed by atoms with Crippen molar-refractivity contribution in [3.8, 4) is 0 Å². The van der Waals surface area contributed by atoms with Crippen LogP contribution in [0.3, 0.4) is 0 Å². The second-order valence-corrected chi connectivity index (χ2v) is 9.56. The van der Waals surface area contributed by atoms with Crippen molar-refractivity contribution in [1.29, 1.82) is 0 Å². The summed E-state index contributed by atoms with van der Waals surface area (Å²) in [6, 6.07) is 8.60. The minimum Gasteiger partial charge on any atom is -0.459 e. The van der Waals surface area contributed by atoms with E-state index in [9.17, 15) is 39.4 Å². The first-order chi connectivity index (χ1) is 18.4. The number of Topliss-reactive ketones (excluding diaryl/α,β-unsaturated/α-hetero) is 1. The summed E-state index contributed by atoms with van der Waals surface area (Å²) >= 11 is 0. The predicted molar refractivity (Wildman–Crippen MR) is 129 cm³/mol. The van der Waals surface area contributed by atoms with Crippen LogP contribution in [-0.2, 0) is 41.8 Å². The summed E-state index contributed by atoms with van der Waals surface area (Å²) < 4.78 is 15.6. The van der Waals surface area contributed by atoms with E-state index in [1.165, 1.54) is 62.4 Å². The number of hydrogen-bond donors (Lipinski definition) is 0. The van der Waals surface area contributed by atoms with Crippen LogP contribution in [0.25, 0.3) is 0 Å². The lowest BCUT2D eigenvalue weighted by Gasteiger charge is -2.49. The Kier molecular flexibility index (Phi) is 7.29. The molecule has 3 atom stereocenters. The van der Waals surface area contributed by atoms with Gasteiger partial charge in [-0.2, -0.15) is 0 Å². The average Bonchev–Trinajstić information content (AvgIpc) is 3.17. The van der Waals surface area contributed by atoms with Crippen molar-refractivity contribution in [1.82, 2.24) is 4.90 Å². The Labute approximate surface area is 220 Å². The van der Waals surface area contributed by atoms with E-state index in [-0.39, 0.29) is 31.0 Å². The Morgan fingerprint density at radius 3 is 1.87 bits per heavy atom. The van der Waals surface area contributed by atoms with Gasteiger partial charge in [0, 0.05) is 30.7 Å². The first kappa shape index (κ1) is 27.2. The first-order valence-corrected chi connectivity index (χ1v) is 11.7. The summed E-state index contributed by atoms with van der Waals surface area (Å²) in [5.74, 6) is -2.90. The lowest BCUT2D eigenvalue weighted by Crippen LogP contribution is -2.68. The number of esters is 1. The number of amides is 1. The van der Waals surface area contributed by atoms with Crippen molar-refractivity contribution in [3.63, 3.8) is 0 Å². The maximum Gasteiger partial charge on any atom is 0.509 e. The molecular formula is C25H23N3O11. The Bertz CT molecular complexity index is 1340. The Hall–Kier alpha value is -4.88. The van der Waals surface area contributed by atoms with Crippen LogP contribution in [0, 0.1) is 26.1 Å². The maximum absolute atomic E-state index is 13.0. The van der Waals surface area contributed by atoms with Crippen LogP contribution in [0.2, 0.25) is 0 Å². The van der Waals surface area contributed by atoms with Crippen molar-refractivity contribution in [3.05, 3.63) is 79.9 Å². The van der Waals surface area contributed by atoms with Gasteiger partial charge in [-0.15, -0.1) is 0 Å². The third-order valence-electron chi connectivity index (χ3n) is 6.61. The molecule has 2 heterocycles. The van der Waals surface area contributed by atoms with E-state index in [0.717, 1.165) is 4.90 Å². The minimum atomic E-state index is -1.43. The molecule has 0 saturated carbocycles. The summed E-state index contributed by atoms with van der Waals surface area (Å²) in [6.07, 6.45) is -1.20. The maximum atomic E-state index is 13.0. The number of hydrogen-bond acceptors (Lipinski definition) is 11. The fraction of sp³-hybridized carbons (Fsp3) is 0.360. The normalized spacial score (nSPS) is 20.1. The highest BCUT2D eigenvalue weighted by Crippen LogP contribution is 2.45. The van der Waals surface area contributed by atoms with Gasteiger partial charge in [-0.1, -0.05) is 0 Å². The highest BCUT2D eigenvalue weighted by molar-refractivity contribution is 6.11. The number of carbonyl (C=O) groups excluding carboxylic acids is 4. The molecule has 2 aromatic rings. The Morgan fingerprint density at radius 2 is 1.38 bits per heavy atom. The number of benzene rings is 2. The van der Waals surface area contributed by atoms with Crippen LogP contribution < -0.4 is 0 Å². The van der Waals surface area contributed by atoms with Gasteiger partial charge in [0.1, 0.15) is 18.8 Å². The van der Waals surface area contributed by atoms with Gasteiger partial charge in [0.25, 0.3) is 11.4 Å². The van der Waals surface area contributed by atoms with Gasteiger partial charge >= 0.3 is 12.1 Å². The predicted octanol–water partition coefficient (Wildman–Crippen LogP) is 2.85. The second kappa shape index (κ2) is 10.5. The zero-order valence-electron chi connectivity index (χ0n) is 20.8. The summed E-state index contributed by atoms with van der Waals surface area (Å²) in [5, 5.41) is 21.5. The lowest BCUT2D eigenvalue weighted by molar-refractivity contribution is -0.385. The van der Waals surface area contributed by atoms with Crippen molar-refractivity contribution in [2.24, 2.45) is 5.92 Å². The molecule has 0 spiro atoms. The molecule has 14 heteroatoms. The summed E-state index contributed by atoms with van der Waals surface area (Å²) in [4.78, 5) is 72.1. The third kappa shape index (κ3) is 5.54. The van der Waals surface area contributed by atoms with E-state index >= 15 is 0 Å². The summed E-state index contributed by atoms with van der Waals surface area (Å²) in [6.45, 7) is 2.52. The molecular weight excluding hydrogens is 518 g/mol. The standard InChI is InChI=1S/C25H23N3O11/c1-25(2,39-24(32)38-13-15-5-9-17(10-6-15)28(35)36)20-18-11-19(29)21(26(18)22(20)30)23(31)37-12-14-3-7-16(8-4-14)27(33)34/h3-10,18,20-21H,11-13H2,1-2H3/t18?,20-,21-/m1/s1. The Balaban J connectivity index is 1.32. The quantitative estimate of drug-likeness (QED) is 0.149. The van der Waals surface area contributed by atoms with Crippen LogP contribution >= 0.6 is 0 Å². The van der Waals surface area contributed by atoms with Crippen LogP contribution in [0.4, 0.5) is 16.2 Å². The molecule has 2 saturated heterocycles. The highest BCUT2D eigenvalue weighted by Gasteiger charge is 2.65. The molecule has 14 nitrogen and oxygen atoms in total. The SMILES string of the molecule is CC(C)(OC(=O)OCc1ccc([N+](=O)[O-])cc1)[C@H]1C(=O)N2C1CC(=O)[C@@H]2C(=O)OCc1ccc([N+](=O)[O-])cc1. The molecule has 0 radical (unpaired) electrons. The number of nitro benzene ring substituents is 2.